The molecule has 0 aliphatic carbocycles. The summed E-state index contributed by atoms with van der Waals surface area (Å²) in [6, 6.07) is 2.85. The van der Waals surface area contributed by atoms with Gasteiger partial charge >= 0.3 is 0 Å². The number of hydrogen-bond acceptors (Lipinski definition) is 4. The van der Waals surface area contributed by atoms with Gasteiger partial charge in [0, 0.05) is 37.5 Å². The van der Waals surface area contributed by atoms with Crippen LogP contribution in [0.5, 0.6) is 0 Å². The molecule has 1 fully saturated rings. The number of hydrogen-bond donors (Lipinski definition) is 2. The summed E-state index contributed by atoms with van der Waals surface area (Å²) in [5.41, 5.74) is 0.0450. The van der Waals surface area contributed by atoms with Crippen molar-refractivity contribution in [3.63, 3.8) is 0 Å². The molecule has 7 nitrogen and oxygen atoms in total. The fourth-order valence-corrected chi connectivity index (χ4v) is 2.98. The molecule has 2 N–H and O–H groups in total. The van der Waals surface area contributed by atoms with Crippen molar-refractivity contribution in [2.75, 3.05) is 25.9 Å². The minimum absolute atomic E-state index is 0.0967. The Morgan fingerprint density at radius 2 is 2.29 bits per heavy atom. The zero-order chi connectivity index (χ0) is 15.5. The fourth-order valence-electron chi connectivity index (χ4n) is 2.45. The zero-order valence-corrected chi connectivity index (χ0v) is 12.6. The van der Waals surface area contributed by atoms with E-state index in [1.165, 1.54) is 12.3 Å². The number of piperidine rings is 1. The molecule has 0 radical (unpaired) electrons. The Kier molecular flexibility index (Phi) is 4.79. The normalized spacial score (nSPS) is 19.5. The van der Waals surface area contributed by atoms with Crippen LogP contribution >= 0.6 is 0 Å². The standard InChI is InChI=1S/C13H19N3O4S/c1-21(19,20)15-8-10-3-2-6-16(9-10)13(18)11-4-5-14-12(17)7-11/h4-5,7,10,15H,2-3,6,8-9H2,1H3,(H,14,17). The molecular formula is C13H19N3O4S. The lowest BCUT2D eigenvalue weighted by Crippen LogP contribution is -2.43. The lowest BCUT2D eigenvalue weighted by molar-refractivity contribution is 0.0676. The van der Waals surface area contributed by atoms with Gasteiger partial charge in [0.25, 0.3) is 5.91 Å². The monoisotopic (exact) mass is 313 g/mol. The van der Waals surface area contributed by atoms with Crippen molar-refractivity contribution in [3.8, 4) is 0 Å². The molecule has 1 aliphatic rings. The van der Waals surface area contributed by atoms with E-state index in [0.717, 1.165) is 19.1 Å². The van der Waals surface area contributed by atoms with Gasteiger partial charge in [-0.1, -0.05) is 0 Å². The van der Waals surface area contributed by atoms with Crippen LogP contribution in [0.3, 0.4) is 0 Å². The summed E-state index contributed by atoms with van der Waals surface area (Å²) in [6.45, 7) is 1.45. The van der Waals surface area contributed by atoms with Gasteiger partial charge in [-0.05, 0) is 24.8 Å². The molecule has 1 aromatic rings. The number of aromatic nitrogens is 1. The zero-order valence-electron chi connectivity index (χ0n) is 11.8. The van der Waals surface area contributed by atoms with Crippen molar-refractivity contribution in [2.45, 2.75) is 12.8 Å². The molecule has 8 heteroatoms. The molecule has 0 spiro atoms. The first kappa shape index (κ1) is 15.7. The van der Waals surface area contributed by atoms with Crippen molar-refractivity contribution in [1.29, 1.82) is 0 Å². The van der Waals surface area contributed by atoms with E-state index >= 15 is 0 Å². The van der Waals surface area contributed by atoms with E-state index in [2.05, 4.69) is 9.71 Å². The molecule has 0 bridgehead atoms. The van der Waals surface area contributed by atoms with Crippen molar-refractivity contribution >= 4 is 15.9 Å². The largest absolute Gasteiger partial charge is 0.338 e. The van der Waals surface area contributed by atoms with Gasteiger partial charge in [0.2, 0.25) is 15.6 Å². The number of rotatable bonds is 4. The number of nitrogens with one attached hydrogen (secondary N) is 2. The lowest BCUT2D eigenvalue weighted by atomic mass is 9.98. The van der Waals surface area contributed by atoms with Gasteiger partial charge in [-0.25, -0.2) is 13.1 Å². The number of likely N-dealkylation sites (tertiary alicyclic amines) is 1. The molecule has 21 heavy (non-hydrogen) atoms. The quantitative estimate of drug-likeness (QED) is 0.802. The van der Waals surface area contributed by atoms with Gasteiger partial charge < -0.3 is 9.88 Å². The third-order valence-electron chi connectivity index (χ3n) is 3.46. The highest BCUT2D eigenvalue weighted by Gasteiger charge is 2.25. The summed E-state index contributed by atoms with van der Waals surface area (Å²) in [5.74, 6) is -0.0930. The maximum atomic E-state index is 12.3. The average molecular weight is 313 g/mol. The number of nitrogens with zero attached hydrogens (tertiary/aromatic N) is 1. The number of H-pyrrole nitrogens is 1. The molecule has 2 heterocycles. The van der Waals surface area contributed by atoms with Gasteiger partial charge in [0.15, 0.2) is 0 Å². The van der Waals surface area contributed by atoms with E-state index in [4.69, 9.17) is 0 Å². The maximum Gasteiger partial charge on any atom is 0.254 e. The molecular weight excluding hydrogens is 294 g/mol. The molecule has 1 unspecified atom stereocenters. The second kappa shape index (κ2) is 6.40. The molecule has 116 valence electrons. The highest BCUT2D eigenvalue weighted by molar-refractivity contribution is 7.88. The van der Waals surface area contributed by atoms with Crippen LogP contribution in [0, 0.1) is 5.92 Å². The number of pyridine rings is 1. The first-order chi connectivity index (χ1) is 9.85. The smallest absolute Gasteiger partial charge is 0.254 e. The van der Waals surface area contributed by atoms with Crippen LogP contribution in [0.15, 0.2) is 23.1 Å². The summed E-state index contributed by atoms with van der Waals surface area (Å²) in [6.07, 6.45) is 4.27. The summed E-state index contributed by atoms with van der Waals surface area (Å²) < 4.78 is 24.7. The summed E-state index contributed by atoms with van der Waals surface area (Å²) in [7, 11) is -3.22. The molecule has 1 aliphatic heterocycles. The van der Waals surface area contributed by atoms with Crippen LogP contribution in [0.1, 0.15) is 23.2 Å². The van der Waals surface area contributed by atoms with Gasteiger partial charge in [-0.3, -0.25) is 9.59 Å². The molecule has 1 saturated heterocycles. The topological polar surface area (TPSA) is 99.3 Å². The Balaban J connectivity index is 2.00. The van der Waals surface area contributed by atoms with E-state index in [1.807, 2.05) is 0 Å². The molecule has 0 aromatic carbocycles. The third kappa shape index (κ3) is 4.68. The number of carbonyl (C=O) groups excluding carboxylic acids is 1. The van der Waals surface area contributed by atoms with Crippen LogP contribution in [-0.4, -0.2) is 50.1 Å². The van der Waals surface area contributed by atoms with Crippen LogP contribution in [0.25, 0.3) is 0 Å². The van der Waals surface area contributed by atoms with Crippen LogP contribution in [0.2, 0.25) is 0 Å². The SMILES string of the molecule is CS(=O)(=O)NCC1CCCN(C(=O)c2cc[nH]c(=O)c2)C1. The maximum absolute atomic E-state index is 12.3. The Morgan fingerprint density at radius 3 is 2.95 bits per heavy atom. The summed E-state index contributed by atoms with van der Waals surface area (Å²) in [4.78, 5) is 27.7. The van der Waals surface area contributed by atoms with Crippen LogP contribution in [-0.2, 0) is 10.0 Å². The van der Waals surface area contributed by atoms with Gasteiger partial charge in [0.1, 0.15) is 0 Å². The van der Waals surface area contributed by atoms with Crippen LogP contribution < -0.4 is 10.3 Å². The molecule has 1 aromatic heterocycles. The Morgan fingerprint density at radius 1 is 1.52 bits per heavy atom. The minimum atomic E-state index is -3.22. The first-order valence-electron chi connectivity index (χ1n) is 6.78. The van der Waals surface area contributed by atoms with E-state index in [-0.39, 0.29) is 17.4 Å². The summed E-state index contributed by atoms with van der Waals surface area (Å²) in [5, 5.41) is 0. The van der Waals surface area contributed by atoms with Crippen molar-refractivity contribution in [2.24, 2.45) is 5.92 Å². The Bertz CT molecular complexity index is 668. The average Bonchev–Trinajstić information content (AvgIpc) is 2.44. The summed E-state index contributed by atoms with van der Waals surface area (Å²) >= 11 is 0. The van der Waals surface area contributed by atoms with Crippen molar-refractivity contribution < 1.29 is 13.2 Å². The second-order valence-electron chi connectivity index (χ2n) is 5.32. The van der Waals surface area contributed by atoms with Crippen LogP contribution in [0.4, 0.5) is 0 Å². The molecule has 1 amide bonds. The van der Waals surface area contributed by atoms with E-state index in [0.29, 0.717) is 25.2 Å². The predicted molar refractivity (Wildman–Crippen MR) is 78.5 cm³/mol. The van der Waals surface area contributed by atoms with Gasteiger partial charge in [-0.2, -0.15) is 0 Å². The molecule has 0 saturated carbocycles. The number of sulfonamides is 1. The minimum Gasteiger partial charge on any atom is -0.338 e. The Labute approximate surface area is 123 Å². The van der Waals surface area contributed by atoms with Gasteiger partial charge in [-0.15, -0.1) is 0 Å². The first-order valence-corrected chi connectivity index (χ1v) is 8.67. The number of aromatic amines is 1. The molecule has 1 atom stereocenters. The van der Waals surface area contributed by atoms with E-state index in [9.17, 15) is 18.0 Å². The molecule has 2 rings (SSSR count). The third-order valence-corrected chi connectivity index (χ3v) is 4.15. The highest BCUT2D eigenvalue weighted by Crippen LogP contribution is 2.17. The number of carbonyl (C=O) groups is 1. The van der Waals surface area contributed by atoms with Crippen molar-refractivity contribution in [3.05, 3.63) is 34.2 Å². The Hall–Kier alpha value is -1.67. The van der Waals surface area contributed by atoms with Crippen molar-refractivity contribution in [1.82, 2.24) is 14.6 Å². The van der Waals surface area contributed by atoms with E-state index < -0.39 is 10.0 Å². The number of amides is 1. The van der Waals surface area contributed by atoms with Gasteiger partial charge in [0.05, 0.1) is 6.26 Å². The highest BCUT2D eigenvalue weighted by atomic mass is 32.2. The van der Waals surface area contributed by atoms with E-state index in [1.54, 1.807) is 11.0 Å². The fraction of sp³-hybridized carbons (Fsp3) is 0.538. The second-order valence-corrected chi connectivity index (χ2v) is 7.15. The lowest BCUT2D eigenvalue weighted by Gasteiger charge is -2.32. The predicted octanol–water partition coefficient (Wildman–Crippen LogP) is -0.224.